The summed E-state index contributed by atoms with van der Waals surface area (Å²) in [5, 5.41) is 1.31. The van der Waals surface area contributed by atoms with Gasteiger partial charge in [-0.1, -0.05) is 6.07 Å². The zero-order valence-electron chi connectivity index (χ0n) is 9.94. The Balaban J connectivity index is 2.11. The number of piperidine rings is 1. The fraction of sp³-hybridized carbons (Fsp3) is 0.600. The van der Waals surface area contributed by atoms with Gasteiger partial charge < -0.3 is 0 Å². The van der Waals surface area contributed by atoms with E-state index in [1.807, 2.05) is 0 Å². The molecule has 1 aliphatic rings. The Hall–Kier alpha value is -0.440. The van der Waals surface area contributed by atoms with E-state index in [4.69, 9.17) is 0 Å². The van der Waals surface area contributed by atoms with E-state index in [0.29, 0.717) is 17.1 Å². The van der Waals surface area contributed by atoms with E-state index in [1.165, 1.54) is 21.9 Å². The lowest BCUT2D eigenvalue weighted by molar-refractivity contribution is 0.347. The summed E-state index contributed by atoms with van der Waals surface area (Å²) < 4.78 is 48.9. The van der Waals surface area contributed by atoms with Gasteiger partial charge in [0.05, 0.1) is 5.25 Å². The summed E-state index contributed by atoms with van der Waals surface area (Å²) in [6.45, 7) is 0.552. The van der Waals surface area contributed by atoms with Crippen molar-refractivity contribution in [1.29, 1.82) is 0 Å². The number of sulfone groups is 1. The zero-order chi connectivity index (χ0) is 13.4. The maximum absolute atomic E-state index is 12.2. The van der Waals surface area contributed by atoms with Gasteiger partial charge in [-0.2, -0.15) is 4.31 Å². The van der Waals surface area contributed by atoms with Crippen LogP contribution in [0.15, 0.2) is 21.7 Å². The Bertz CT molecular complexity index is 596. The third kappa shape index (κ3) is 2.76. The predicted octanol–water partition coefficient (Wildman–Crippen LogP) is 0.946. The van der Waals surface area contributed by atoms with Gasteiger partial charge in [-0.05, 0) is 24.3 Å². The maximum atomic E-state index is 12.2. The molecule has 1 aromatic heterocycles. The molecule has 0 saturated carbocycles. The lowest BCUT2D eigenvalue weighted by Gasteiger charge is -2.29. The van der Waals surface area contributed by atoms with E-state index < -0.39 is 25.1 Å². The normalized spacial score (nSPS) is 20.1. The van der Waals surface area contributed by atoms with Crippen LogP contribution in [0.4, 0.5) is 0 Å². The van der Waals surface area contributed by atoms with Crippen LogP contribution in [0, 0.1) is 0 Å². The van der Waals surface area contributed by atoms with Crippen molar-refractivity contribution in [2.75, 3.05) is 19.3 Å². The van der Waals surface area contributed by atoms with Gasteiger partial charge in [-0.3, -0.25) is 0 Å². The molecule has 0 aromatic carbocycles. The number of sulfonamides is 1. The minimum absolute atomic E-state index is 0.276. The van der Waals surface area contributed by atoms with Crippen molar-refractivity contribution in [3.63, 3.8) is 0 Å². The minimum Gasteiger partial charge on any atom is -0.229 e. The molecule has 1 aliphatic heterocycles. The first-order chi connectivity index (χ1) is 8.32. The average Bonchev–Trinajstić information content (AvgIpc) is 2.82. The molecule has 102 valence electrons. The molecule has 2 rings (SSSR count). The highest BCUT2D eigenvalue weighted by molar-refractivity contribution is 7.91. The Morgan fingerprint density at radius 2 is 1.83 bits per heavy atom. The third-order valence-electron chi connectivity index (χ3n) is 3.10. The van der Waals surface area contributed by atoms with Crippen molar-refractivity contribution >= 4 is 31.2 Å². The third-order valence-corrected chi connectivity index (χ3v) is 8.05. The monoisotopic (exact) mass is 309 g/mol. The quantitative estimate of drug-likeness (QED) is 0.833. The molecule has 0 aliphatic carbocycles. The fourth-order valence-corrected chi connectivity index (χ4v) is 5.72. The molecule has 0 spiro atoms. The molecule has 8 heteroatoms. The van der Waals surface area contributed by atoms with E-state index >= 15 is 0 Å². The van der Waals surface area contributed by atoms with E-state index in [1.54, 1.807) is 17.5 Å². The van der Waals surface area contributed by atoms with Crippen LogP contribution in [-0.2, 0) is 19.9 Å². The second kappa shape index (κ2) is 4.92. The Labute approximate surface area is 111 Å². The molecule has 0 bridgehead atoms. The number of rotatable bonds is 3. The number of nitrogens with zero attached hydrogens (tertiary/aromatic N) is 1. The predicted molar refractivity (Wildman–Crippen MR) is 70.9 cm³/mol. The molecule has 0 radical (unpaired) electrons. The summed E-state index contributed by atoms with van der Waals surface area (Å²) in [4.78, 5) is 0. The van der Waals surface area contributed by atoms with Crippen LogP contribution in [0.2, 0.25) is 0 Å². The van der Waals surface area contributed by atoms with Crippen molar-refractivity contribution in [1.82, 2.24) is 4.31 Å². The minimum atomic E-state index is -3.43. The molecule has 0 N–H and O–H groups in total. The van der Waals surface area contributed by atoms with Crippen molar-refractivity contribution in [3.8, 4) is 0 Å². The summed E-state index contributed by atoms with van der Waals surface area (Å²) >= 11 is 1.18. The first-order valence-electron chi connectivity index (χ1n) is 5.54. The molecule has 2 heterocycles. The van der Waals surface area contributed by atoms with Crippen LogP contribution < -0.4 is 0 Å². The summed E-state index contributed by atoms with van der Waals surface area (Å²) in [6, 6.07) is 3.27. The largest absolute Gasteiger partial charge is 0.252 e. The van der Waals surface area contributed by atoms with E-state index in [0.717, 1.165) is 0 Å². The van der Waals surface area contributed by atoms with Crippen LogP contribution >= 0.6 is 11.3 Å². The Kier molecular flexibility index (Phi) is 3.82. The van der Waals surface area contributed by atoms with E-state index in [2.05, 4.69) is 0 Å². The molecule has 1 fully saturated rings. The molecule has 0 unspecified atom stereocenters. The standard InChI is InChI=1S/C10H15NO4S3/c1-17(12,13)9-4-6-11(7-5-9)18(14,15)10-3-2-8-16-10/h2-3,8-9H,4-7H2,1H3. The molecule has 0 amide bonds. The topological polar surface area (TPSA) is 71.5 Å². The van der Waals surface area contributed by atoms with Crippen molar-refractivity contribution in [3.05, 3.63) is 17.5 Å². The first-order valence-corrected chi connectivity index (χ1v) is 9.82. The summed E-state index contributed by atoms with van der Waals surface area (Å²) in [7, 11) is -6.50. The zero-order valence-corrected chi connectivity index (χ0v) is 12.4. The number of hydrogen-bond donors (Lipinski definition) is 0. The lowest BCUT2D eigenvalue weighted by atomic mass is 10.2. The van der Waals surface area contributed by atoms with Gasteiger partial charge in [0.25, 0.3) is 10.0 Å². The molecule has 5 nitrogen and oxygen atoms in total. The lowest BCUT2D eigenvalue weighted by Crippen LogP contribution is -2.41. The van der Waals surface area contributed by atoms with Crippen LogP contribution in [0.25, 0.3) is 0 Å². The highest BCUT2D eigenvalue weighted by Crippen LogP contribution is 2.25. The van der Waals surface area contributed by atoms with Gasteiger partial charge in [-0.25, -0.2) is 16.8 Å². The number of hydrogen-bond acceptors (Lipinski definition) is 5. The van der Waals surface area contributed by atoms with Crippen LogP contribution in [0.1, 0.15) is 12.8 Å². The highest BCUT2D eigenvalue weighted by atomic mass is 32.2. The molecule has 0 atom stereocenters. The Morgan fingerprint density at radius 1 is 1.22 bits per heavy atom. The van der Waals surface area contributed by atoms with Crippen LogP contribution in [-0.4, -0.2) is 45.7 Å². The first kappa shape index (κ1) is 14.0. The summed E-state index contributed by atoms with van der Waals surface area (Å²) in [6.07, 6.45) is 1.97. The van der Waals surface area contributed by atoms with Gasteiger partial charge in [-0.15, -0.1) is 11.3 Å². The fourth-order valence-electron chi connectivity index (χ4n) is 2.04. The molecule has 1 aromatic rings. The number of thiophene rings is 1. The SMILES string of the molecule is CS(=O)(=O)C1CCN(S(=O)(=O)c2cccs2)CC1. The summed E-state index contributed by atoms with van der Waals surface area (Å²) in [5.74, 6) is 0. The van der Waals surface area contributed by atoms with Gasteiger partial charge in [0.2, 0.25) is 0 Å². The molecular weight excluding hydrogens is 294 g/mol. The van der Waals surface area contributed by atoms with Gasteiger partial charge in [0.1, 0.15) is 14.0 Å². The van der Waals surface area contributed by atoms with Crippen molar-refractivity contribution in [2.24, 2.45) is 0 Å². The van der Waals surface area contributed by atoms with E-state index in [9.17, 15) is 16.8 Å². The van der Waals surface area contributed by atoms with Crippen molar-refractivity contribution in [2.45, 2.75) is 22.3 Å². The average molecular weight is 309 g/mol. The molecular formula is C10H15NO4S3. The van der Waals surface area contributed by atoms with Gasteiger partial charge >= 0.3 is 0 Å². The van der Waals surface area contributed by atoms with Gasteiger partial charge in [0.15, 0.2) is 0 Å². The second-order valence-electron chi connectivity index (χ2n) is 4.37. The van der Waals surface area contributed by atoms with E-state index in [-0.39, 0.29) is 13.1 Å². The second-order valence-corrected chi connectivity index (χ2v) is 9.80. The van der Waals surface area contributed by atoms with Crippen LogP contribution in [0.3, 0.4) is 0 Å². The van der Waals surface area contributed by atoms with Crippen LogP contribution in [0.5, 0.6) is 0 Å². The Morgan fingerprint density at radius 3 is 2.28 bits per heavy atom. The highest BCUT2D eigenvalue weighted by Gasteiger charge is 2.33. The maximum Gasteiger partial charge on any atom is 0.252 e. The smallest absolute Gasteiger partial charge is 0.229 e. The van der Waals surface area contributed by atoms with Crippen molar-refractivity contribution < 1.29 is 16.8 Å². The molecule has 1 saturated heterocycles. The van der Waals surface area contributed by atoms with Gasteiger partial charge in [0, 0.05) is 19.3 Å². The molecule has 18 heavy (non-hydrogen) atoms. The summed E-state index contributed by atoms with van der Waals surface area (Å²) in [5.41, 5.74) is 0.